The third kappa shape index (κ3) is 6.79. The minimum atomic E-state index is -0.675. The Balaban J connectivity index is 1.97. The molecule has 1 atom stereocenters. The van der Waals surface area contributed by atoms with Crippen molar-refractivity contribution in [2.75, 3.05) is 5.32 Å². The topological polar surface area (TPSA) is 104 Å². The monoisotopic (exact) mass is 344 g/mol. The van der Waals surface area contributed by atoms with E-state index in [1.165, 1.54) is 25.1 Å². The zero-order valence-corrected chi connectivity index (χ0v) is 14.8. The second-order valence-electron chi connectivity index (χ2n) is 7.25. The van der Waals surface area contributed by atoms with Crippen molar-refractivity contribution in [3.05, 3.63) is 24.0 Å². The van der Waals surface area contributed by atoms with Crippen LogP contribution in [0.1, 0.15) is 52.1 Å². The lowest BCUT2D eigenvalue weighted by Crippen LogP contribution is -2.45. The first kappa shape index (κ1) is 18.7. The van der Waals surface area contributed by atoms with E-state index in [4.69, 9.17) is 10.00 Å². The van der Waals surface area contributed by atoms with Gasteiger partial charge in [0.2, 0.25) is 5.91 Å². The van der Waals surface area contributed by atoms with Crippen LogP contribution >= 0.6 is 0 Å². The van der Waals surface area contributed by atoms with Crippen LogP contribution < -0.4 is 10.6 Å². The van der Waals surface area contributed by atoms with Crippen LogP contribution in [0.2, 0.25) is 0 Å². The SMILES string of the molecule is CC(C)(C)OC(=O)NC(CCC1CC1)C(=O)Nc1ccc(C#N)nc1. The molecule has 0 aliphatic heterocycles. The third-order valence-corrected chi connectivity index (χ3v) is 3.71. The molecule has 2 amide bonds. The number of hydrogen-bond donors (Lipinski definition) is 2. The molecule has 7 nitrogen and oxygen atoms in total. The predicted octanol–water partition coefficient (Wildman–Crippen LogP) is 2.98. The summed E-state index contributed by atoms with van der Waals surface area (Å²) in [6.45, 7) is 5.32. The van der Waals surface area contributed by atoms with E-state index in [0.29, 0.717) is 18.0 Å². The van der Waals surface area contributed by atoms with E-state index < -0.39 is 17.7 Å². The average Bonchev–Trinajstić information content (AvgIpc) is 3.34. The van der Waals surface area contributed by atoms with Crippen LogP contribution in [0.15, 0.2) is 18.3 Å². The summed E-state index contributed by atoms with van der Waals surface area (Å²) >= 11 is 0. The summed E-state index contributed by atoms with van der Waals surface area (Å²) in [5, 5.41) is 14.1. The van der Waals surface area contributed by atoms with Crippen LogP contribution in [-0.4, -0.2) is 28.6 Å². The van der Waals surface area contributed by atoms with Gasteiger partial charge in [-0.1, -0.05) is 12.8 Å². The van der Waals surface area contributed by atoms with Gasteiger partial charge in [-0.3, -0.25) is 4.79 Å². The zero-order chi connectivity index (χ0) is 18.4. The Morgan fingerprint density at radius 2 is 2.12 bits per heavy atom. The van der Waals surface area contributed by atoms with Crippen LogP contribution in [0.3, 0.4) is 0 Å². The highest BCUT2D eigenvalue weighted by atomic mass is 16.6. The first-order chi connectivity index (χ1) is 11.8. The molecular weight excluding hydrogens is 320 g/mol. The van der Waals surface area contributed by atoms with E-state index in [1.807, 2.05) is 6.07 Å². The molecule has 1 aromatic heterocycles. The van der Waals surface area contributed by atoms with Gasteiger partial charge in [-0.2, -0.15) is 5.26 Å². The number of rotatable bonds is 6. The summed E-state index contributed by atoms with van der Waals surface area (Å²) in [7, 11) is 0. The number of nitrogens with one attached hydrogen (secondary N) is 2. The number of nitrogens with zero attached hydrogens (tertiary/aromatic N) is 2. The smallest absolute Gasteiger partial charge is 0.408 e. The molecule has 7 heteroatoms. The molecule has 1 fully saturated rings. The lowest BCUT2D eigenvalue weighted by molar-refractivity contribution is -0.118. The van der Waals surface area contributed by atoms with Crippen molar-refractivity contribution in [3.63, 3.8) is 0 Å². The lowest BCUT2D eigenvalue weighted by Gasteiger charge is -2.23. The molecule has 1 aliphatic rings. The normalized spacial score (nSPS) is 15.0. The van der Waals surface area contributed by atoms with Crippen LogP contribution in [0, 0.1) is 17.2 Å². The van der Waals surface area contributed by atoms with Crippen LogP contribution in [0.4, 0.5) is 10.5 Å². The van der Waals surface area contributed by atoms with Gasteiger partial charge in [-0.25, -0.2) is 9.78 Å². The van der Waals surface area contributed by atoms with Gasteiger partial charge >= 0.3 is 6.09 Å². The van der Waals surface area contributed by atoms with Crippen LogP contribution in [-0.2, 0) is 9.53 Å². The second-order valence-corrected chi connectivity index (χ2v) is 7.25. The van der Waals surface area contributed by atoms with Crippen molar-refractivity contribution in [1.82, 2.24) is 10.3 Å². The highest BCUT2D eigenvalue weighted by molar-refractivity contribution is 5.96. The number of nitriles is 1. The molecule has 1 unspecified atom stereocenters. The van der Waals surface area contributed by atoms with Crippen molar-refractivity contribution in [2.45, 2.75) is 58.1 Å². The number of aromatic nitrogens is 1. The van der Waals surface area contributed by atoms with E-state index in [0.717, 1.165) is 6.42 Å². The highest BCUT2D eigenvalue weighted by Gasteiger charge is 2.28. The van der Waals surface area contributed by atoms with E-state index in [2.05, 4.69) is 15.6 Å². The van der Waals surface area contributed by atoms with Gasteiger partial charge in [-0.05, 0) is 51.7 Å². The molecule has 134 valence electrons. The maximum atomic E-state index is 12.5. The average molecular weight is 344 g/mol. The third-order valence-electron chi connectivity index (χ3n) is 3.71. The molecular formula is C18H24N4O3. The Hall–Kier alpha value is -2.62. The quantitative estimate of drug-likeness (QED) is 0.825. The second kappa shape index (κ2) is 7.97. The largest absolute Gasteiger partial charge is 0.444 e. The Labute approximate surface area is 147 Å². The molecule has 0 radical (unpaired) electrons. The minimum Gasteiger partial charge on any atom is -0.444 e. The van der Waals surface area contributed by atoms with Crippen molar-refractivity contribution < 1.29 is 14.3 Å². The minimum absolute atomic E-state index is 0.273. The molecule has 0 spiro atoms. The van der Waals surface area contributed by atoms with Gasteiger partial charge in [0.05, 0.1) is 11.9 Å². The number of anilines is 1. The number of alkyl carbamates (subject to hydrolysis) is 1. The summed E-state index contributed by atoms with van der Waals surface area (Å²) < 4.78 is 5.24. The van der Waals surface area contributed by atoms with Crippen LogP contribution in [0.25, 0.3) is 0 Å². The number of carbonyl (C=O) groups is 2. The molecule has 2 N–H and O–H groups in total. The number of hydrogen-bond acceptors (Lipinski definition) is 5. The molecule has 1 aromatic rings. The van der Waals surface area contributed by atoms with E-state index in [1.54, 1.807) is 26.8 Å². The van der Waals surface area contributed by atoms with Crippen molar-refractivity contribution in [3.8, 4) is 6.07 Å². The molecule has 25 heavy (non-hydrogen) atoms. The molecule has 1 heterocycles. The number of carbonyl (C=O) groups excluding carboxylic acids is 2. The molecule has 1 saturated carbocycles. The van der Waals surface area contributed by atoms with Crippen molar-refractivity contribution in [2.24, 2.45) is 5.92 Å². The fraction of sp³-hybridized carbons (Fsp3) is 0.556. The maximum absolute atomic E-state index is 12.5. The number of pyridine rings is 1. The Morgan fingerprint density at radius 1 is 1.40 bits per heavy atom. The molecule has 0 saturated heterocycles. The molecule has 1 aliphatic carbocycles. The van der Waals surface area contributed by atoms with Gasteiger partial charge in [-0.15, -0.1) is 0 Å². The van der Waals surface area contributed by atoms with Gasteiger partial charge in [0.1, 0.15) is 23.4 Å². The van der Waals surface area contributed by atoms with E-state index in [9.17, 15) is 9.59 Å². The Bertz CT molecular complexity index is 654. The fourth-order valence-corrected chi connectivity index (χ4v) is 2.29. The Kier molecular flexibility index (Phi) is 5.97. The van der Waals surface area contributed by atoms with Gasteiger partial charge in [0.15, 0.2) is 0 Å². The first-order valence-corrected chi connectivity index (χ1v) is 8.43. The summed E-state index contributed by atoms with van der Waals surface area (Å²) in [6, 6.07) is 4.38. The summed E-state index contributed by atoms with van der Waals surface area (Å²) in [5.74, 6) is 0.324. The maximum Gasteiger partial charge on any atom is 0.408 e. The predicted molar refractivity (Wildman–Crippen MR) is 92.7 cm³/mol. The number of ether oxygens (including phenoxy) is 1. The standard InChI is InChI=1S/C18H24N4O3/c1-18(2,3)25-17(24)22-15(9-6-12-4-5-12)16(23)21-14-8-7-13(10-19)20-11-14/h7-8,11-12,15H,4-6,9H2,1-3H3,(H,21,23)(H,22,24). The van der Waals surface area contributed by atoms with Gasteiger partial charge in [0.25, 0.3) is 0 Å². The molecule has 0 bridgehead atoms. The Morgan fingerprint density at radius 3 is 2.64 bits per heavy atom. The summed E-state index contributed by atoms with van der Waals surface area (Å²) in [5.41, 5.74) is 0.125. The molecule has 0 aromatic carbocycles. The number of amides is 2. The van der Waals surface area contributed by atoms with Crippen molar-refractivity contribution in [1.29, 1.82) is 5.26 Å². The zero-order valence-electron chi connectivity index (χ0n) is 14.8. The van der Waals surface area contributed by atoms with Crippen molar-refractivity contribution >= 4 is 17.7 Å². The highest BCUT2D eigenvalue weighted by Crippen LogP contribution is 2.34. The van der Waals surface area contributed by atoms with Gasteiger partial charge < -0.3 is 15.4 Å². The van der Waals surface area contributed by atoms with E-state index >= 15 is 0 Å². The lowest BCUT2D eigenvalue weighted by atomic mass is 10.1. The van der Waals surface area contributed by atoms with Crippen LogP contribution in [0.5, 0.6) is 0 Å². The van der Waals surface area contributed by atoms with E-state index in [-0.39, 0.29) is 11.6 Å². The molecule has 2 rings (SSSR count). The first-order valence-electron chi connectivity index (χ1n) is 8.43. The summed E-state index contributed by atoms with van der Waals surface area (Å²) in [6.07, 6.45) is 4.61. The fourth-order valence-electron chi connectivity index (χ4n) is 2.29. The van der Waals surface area contributed by atoms with Gasteiger partial charge in [0, 0.05) is 0 Å². The summed E-state index contributed by atoms with van der Waals surface area (Å²) in [4.78, 5) is 28.5.